The van der Waals surface area contributed by atoms with Gasteiger partial charge in [0.05, 0.1) is 11.1 Å². The fraction of sp³-hybridized carbons (Fsp3) is 0.318. The van der Waals surface area contributed by atoms with E-state index < -0.39 is 0 Å². The van der Waals surface area contributed by atoms with Crippen LogP contribution in [0.2, 0.25) is 0 Å². The van der Waals surface area contributed by atoms with E-state index in [1.54, 1.807) is 12.1 Å². The highest BCUT2D eigenvalue weighted by atomic mass is 16.3. The van der Waals surface area contributed by atoms with Gasteiger partial charge in [-0.05, 0) is 30.7 Å². The molecule has 1 amide bonds. The molecule has 1 saturated heterocycles. The van der Waals surface area contributed by atoms with E-state index in [2.05, 4.69) is 9.88 Å². The van der Waals surface area contributed by atoms with Crippen LogP contribution < -0.4 is 4.90 Å². The molecule has 144 valence electrons. The summed E-state index contributed by atoms with van der Waals surface area (Å²) in [6.45, 7) is 4.89. The Balaban J connectivity index is 1.69. The lowest BCUT2D eigenvalue weighted by molar-refractivity contribution is -0.131. The average Bonchev–Trinajstić information content (AvgIpc) is 2.73. The van der Waals surface area contributed by atoms with Crippen molar-refractivity contribution in [3.8, 4) is 17.1 Å². The summed E-state index contributed by atoms with van der Waals surface area (Å²) < 4.78 is 0. The van der Waals surface area contributed by atoms with Gasteiger partial charge in [0, 0.05) is 38.0 Å². The van der Waals surface area contributed by atoms with E-state index >= 15 is 0 Å². The number of rotatable bonds is 4. The summed E-state index contributed by atoms with van der Waals surface area (Å²) >= 11 is 0. The molecule has 3 aromatic rings. The maximum absolute atomic E-state index is 12.2. The topological polar surface area (TPSA) is 69.6 Å². The lowest BCUT2D eigenvalue weighted by atomic mass is 10.1. The molecule has 1 aliphatic rings. The number of aromatic nitrogens is 2. The van der Waals surface area contributed by atoms with Gasteiger partial charge in [-0.2, -0.15) is 0 Å². The first kappa shape index (κ1) is 18.2. The molecule has 0 radical (unpaired) electrons. The number of hydrogen-bond donors (Lipinski definition) is 1. The Morgan fingerprint density at radius 1 is 1.00 bits per heavy atom. The van der Waals surface area contributed by atoms with Crippen LogP contribution in [0.4, 0.5) is 5.82 Å². The average molecular weight is 376 g/mol. The molecule has 0 atom stereocenters. The number of piperazine rings is 1. The number of carbonyl (C=O) groups is 1. The van der Waals surface area contributed by atoms with E-state index in [0.717, 1.165) is 36.2 Å². The van der Waals surface area contributed by atoms with Crippen LogP contribution in [0.1, 0.15) is 19.8 Å². The zero-order valence-electron chi connectivity index (χ0n) is 16.0. The number of para-hydroxylation sites is 2. The van der Waals surface area contributed by atoms with Gasteiger partial charge in [-0.3, -0.25) is 4.79 Å². The number of nitrogens with zero attached hydrogens (tertiary/aromatic N) is 4. The van der Waals surface area contributed by atoms with E-state index in [4.69, 9.17) is 4.98 Å². The van der Waals surface area contributed by atoms with Gasteiger partial charge in [0.1, 0.15) is 11.6 Å². The molecule has 1 aliphatic heterocycles. The van der Waals surface area contributed by atoms with Crippen molar-refractivity contribution in [2.75, 3.05) is 31.1 Å². The molecule has 0 bridgehead atoms. The van der Waals surface area contributed by atoms with E-state index in [0.29, 0.717) is 30.9 Å². The van der Waals surface area contributed by atoms with Gasteiger partial charge < -0.3 is 14.9 Å². The van der Waals surface area contributed by atoms with Crippen molar-refractivity contribution in [2.45, 2.75) is 19.8 Å². The highest BCUT2D eigenvalue weighted by molar-refractivity contribution is 5.91. The number of anilines is 1. The molecule has 1 aromatic heterocycles. The molecule has 0 unspecified atom stereocenters. The minimum atomic E-state index is 0.165. The third kappa shape index (κ3) is 3.50. The summed E-state index contributed by atoms with van der Waals surface area (Å²) in [5, 5.41) is 11.2. The van der Waals surface area contributed by atoms with Gasteiger partial charge >= 0.3 is 0 Å². The molecule has 0 spiro atoms. The molecule has 0 aliphatic carbocycles. The number of benzene rings is 2. The zero-order chi connectivity index (χ0) is 19.5. The molecule has 6 nitrogen and oxygen atoms in total. The highest BCUT2D eigenvalue weighted by Crippen LogP contribution is 2.31. The fourth-order valence-electron chi connectivity index (χ4n) is 3.62. The third-order valence-electron chi connectivity index (χ3n) is 5.12. The smallest absolute Gasteiger partial charge is 0.222 e. The third-order valence-corrected chi connectivity index (χ3v) is 5.12. The van der Waals surface area contributed by atoms with Crippen molar-refractivity contribution in [2.24, 2.45) is 0 Å². The van der Waals surface area contributed by atoms with E-state index in [-0.39, 0.29) is 11.7 Å². The van der Waals surface area contributed by atoms with Crippen LogP contribution in [0.15, 0.2) is 48.5 Å². The number of phenolic OH excluding ortho intramolecular Hbond substituents is 1. The van der Waals surface area contributed by atoms with Crippen molar-refractivity contribution < 1.29 is 9.90 Å². The molecule has 28 heavy (non-hydrogen) atoms. The van der Waals surface area contributed by atoms with Crippen LogP contribution in [0.3, 0.4) is 0 Å². The van der Waals surface area contributed by atoms with Crippen molar-refractivity contribution in [1.29, 1.82) is 0 Å². The molecular formula is C22H24N4O2. The van der Waals surface area contributed by atoms with E-state index in [1.165, 1.54) is 0 Å². The number of aromatic hydroxyl groups is 1. The lowest BCUT2D eigenvalue weighted by Crippen LogP contribution is -2.49. The summed E-state index contributed by atoms with van der Waals surface area (Å²) in [6.07, 6.45) is 1.48. The second kappa shape index (κ2) is 7.84. The first-order valence-electron chi connectivity index (χ1n) is 9.75. The second-order valence-corrected chi connectivity index (χ2v) is 7.02. The Bertz CT molecular complexity index is 997. The molecule has 0 saturated carbocycles. The quantitative estimate of drug-likeness (QED) is 0.755. The van der Waals surface area contributed by atoms with Crippen LogP contribution in [0.25, 0.3) is 22.3 Å². The first-order chi connectivity index (χ1) is 13.7. The summed E-state index contributed by atoms with van der Waals surface area (Å²) in [4.78, 5) is 25.8. The fourth-order valence-corrected chi connectivity index (χ4v) is 3.62. The SMILES string of the molecule is CCCC(=O)N1CCN(c2nc(-c3ccccc3O)nc3ccccc23)CC1. The monoisotopic (exact) mass is 376 g/mol. The normalized spacial score (nSPS) is 14.5. The van der Waals surface area contributed by atoms with Gasteiger partial charge in [-0.15, -0.1) is 0 Å². The van der Waals surface area contributed by atoms with Gasteiger partial charge in [0.25, 0.3) is 0 Å². The Morgan fingerprint density at radius 3 is 2.46 bits per heavy atom. The predicted molar refractivity (Wildman–Crippen MR) is 110 cm³/mol. The summed E-state index contributed by atoms with van der Waals surface area (Å²) in [5.74, 6) is 1.76. The number of phenols is 1. The molecule has 1 fully saturated rings. The predicted octanol–water partition coefficient (Wildman–Crippen LogP) is 3.45. The molecular weight excluding hydrogens is 352 g/mol. The molecule has 4 rings (SSSR count). The van der Waals surface area contributed by atoms with Crippen LogP contribution >= 0.6 is 0 Å². The Hall–Kier alpha value is -3.15. The van der Waals surface area contributed by atoms with Crippen molar-refractivity contribution >= 4 is 22.6 Å². The standard InChI is InChI=1S/C22H24N4O2/c1-2-7-20(28)25-12-14-26(15-13-25)22-16-8-3-5-10-18(16)23-21(24-22)17-9-4-6-11-19(17)27/h3-6,8-11,27H,2,7,12-15H2,1H3. The zero-order valence-corrected chi connectivity index (χ0v) is 16.0. The van der Waals surface area contributed by atoms with Crippen LogP contribution in [0, 0.1) is 0 Å². The molecule has 6 heteroatoms. The van der Waals surface area contributed by atoms with Gasteiger partial charge in [-0.25, -0.2) is 9.97 Å². The van der Waals surface area contributed by atoms with Crippen molar-refractivity contribution in [3.63, 3.8) is 0 Å². The minimum Gasteiger partial charge on any atom is -0.507 e. The summed E-state index contributed by atoms with van der Waals surface area (Å²) in [6, 6.07) is 15.0. The minimum absolute atomic E-state index is 0.165. The van der Waals surface area contributed by atoms with Crippen LogP contribution in [-0.4, -0.2) is 52.1 Å². The number of carbonyl (C=O) groups excluding carboxylic acids is 1. The second-order valence-electron chi connectivity index (χ2n) is 7.02. The molecule has 1 N–H and O–H groups in total. The number of fused-ring (bicyclic) bond motifs is 1. The molecule has 2 heterocycles. The largest absolute Gasteiger partial charge is 0.507 e. The first-order valence-corrected chi connectivity index (χ1v) is 9.75. The number of amides is 1. The van der Waals surface area contributed by atoms with Gasteiger partial charge in [0.15, 0.2) is 5.82 Å². The molecule has 2 aromatic carbocycles. The maximum atomic E-state index is 12.2. The Labute approximate surface area is 164 Å². The summed E-state index contributed by atoms with van der Waals surface area (Å²) in [7, 11) is 0. The van der Waals surface area contributed by atoms with Gasteiger partial charge in [-0.1, -0.05) is 31.2 Å². The van der Waals surface area contributed by atoms with Crippen LogP contribution in [-0.2, 0) is 4.79 Å². The Kier molecular flexibility index (Phi) is 5.10. The van der Waals surface area contributed by atoms with Gasteiger partial charge in [0.2, 0.25) is 5.91 Å². The van der Waals surface area contributed by atoms with Crippen molar-refractivity contribution in [1.82, 2.24) is 14.9 Å². The van der Waals surface area contributed by atoms with E-state index in [1.807, 2.05) is 48.2 Å². The maximum Gasteiger partial charge on any atom is 0.222 e. The summed E-state index contributed by atoms with van der Waals surface area (Å²) in [5.41, 5.74) is 1.46. The number of hydrogen-bond acceptors (Lipinski definition) is 5. The van der Waals surface area contributed by atoms with Crippen LogP contribution in [0.5, 0.6) is 5.75 Å². The Morgan fingerprint density at radius 2 is 1.71 bits per heavy atom. The lowest BCUT2D eigenvalue weighted by Gasteiger charge is -2.36. The van der Waals surface area contributed by atoms with E-state index in [9.17, 15) is 9.90 Å². The highest BCUT2D eigenvalue weighted by Gasteiger charge is 2.23. The van der Waals surface area contributed by atoms with Crippen molar-refractivity contribution in [3.05, 3.63) is 48.5 Å².